The van der Waals surface area contributed by atoms with Crippen molar-refractivity contribution in [2.45, 2.75) is 4.90 Å². The molecule has 0 saturated carbocycles. The normalized spacial score (nSPS) is 10.8. The summed E-state index contributed by atoms with van der Waals surface area (Å²) < 4.78 is 23.8. The maximum absolute atomic E-state index is 11.9. The van der Waals surface area contributed by atoms with Gasteiger partial charge in [-0.25, -0.2) is 8.42 Å². The lowest BCUT2D eigenvalue weighted by atomic mass is 10.2. The summed E-state index contributed by atoms with van der Waals surface area (Å²) in [5.74, 6) is -0.700. The van der Waals surface area contributed by atoms with Gasteiger partial charge in [0.05, 0.1) is 28.8 Å². The van der Waals surface area contributed by atoms with Crippen LogP contribution in [0.25, 0.3) is 0 Å². The summed E-state index contributed by atoms with van der Waals surface area (Å²) in [4.78, 5) is 10.6. The summed E-state index contributed by atoms with van der Waals surface area (Å²) >= 11 is 0. The van der Waals surface area contributed by atoms with Gasteiger partial charge in [-0.2, -0.15) is 5.26 Å². The second-order valence-corrected chi connectivity index (χ2v) is 5.71. The molecule has 18 heavy (non-hydrogen) atoms. The van der Waals surface area contributed by atoms with E-state index in [-0.39, 0.29) is 23.7 Å². The monoisotopic (exact) mass is 267 g/mol. The Labute approximate surface area is 105 Å². The van der Waals surface area contributed by atoms with E-state index in [2.05, 4.69) is 5.32 Å². The molecule has 6 nitrogen and oxygen atoms in total. The van der Waals surface area contributed by atoms with E-state index < -0.39 is 15.7 Å². The van der Waals surface area contributed by atoms with Crippen molar-refractivity contribution >= 4 is 15.7 Å². The van der Waals surface area contributed by atoms with E-state index in [4.69, 9.17) is 11.0 Å². The number of carbonyl (C=O) groups excluding carboxylic acids is 1. The van der Waals surface area contributed by atoms with Gasteiger partial charge in [-0.05, 0) is 18.2 Å². The average molecular weight is 267 g/mol. The van der Waals surface area contributed by atoms with Crippen LogP contribution >= 0.6 is 0 Å². The Morgan fingerprint density at radius 2 is 2.17 bits per heavy atom. The van der Waals surface area contributed by atoms with E-state index in [1.165, 1.54) is 24.3 Å². The molecular formula is C11H13N3O3S. The van der Waals surface area contributed by atoms with Gasteiger partial charge in [-0.15, -0.1) is 0 Å². The Morgan fingerprint density at radius 1 is 1.44 bits per heavy atom. The van der Waals surface area contributed by atoms with E-state index in [0.29, 0.717) is 5.56 Å². The number of nitrogens with two attached hydrogens (primary N) is 1. The Balaban J connectivity index is 2.69. The molecule has 0 atom stereocenters. The predicted molar refractivity (Wildman–Crippen MR) is 65.3 cm³/mol. The molecule has 1 rings (SSSR count). The number of sulfone groups is 1. The first-order valence-electron chi connectivity index (χ1n) is 5.17. The quantitative estimate of drug-likeness (QED) is 0.669. The molecule has 0 saturated heterocycles. The lowest BCUT2D eigenvalue weighted by Gasteiger charge is -2.05. The fourth-order valence-corrected chi connectivity index (χ4v) is 2.54. The Bertz CT molecular complexity index is 575. The lowest BCUT2D eigenvalue weighted by Crippen LogP contribution is -2.32. The van der Waals surface area contributed by atoms with Crippen molar-refractivity contribution < 1.29 is 13.2 Å². The zero-order valence-corrected chi connectivity index (χ0v) is 10.4. The standard InChI is InChI=1S/C11H13N3O3S/c12-7-9-2-1-3-10(6-9)18(16,17)5-4-14-8-11(13)15/h1-3,6,14H,4-5,8H2,(H2,13,15). The first-order chi connectivity index (χ1) is 8.45. The molecule has 1 aromatic carbocycles. The number of nitriles is 1. The molecule has 0 fully saturated rings. The largest absolute Gasteiger partial charge is 0.369 e. The second kappa shape index (κ2) is 6.14. The van der Waals surface area contributed by atoms with Crippen LogP contribution in [-0.2, 0) is 14.6 Å². The van der Waals surface area contributed by atoms with E-state index >= 15 is 0 Å². The Morgan fingerprint density at radius 3 is 2.78 bits per heavy atom. The maximum Gasteiger partial charge on any atom is 0.231 e. The Kier molecular flexibility index (Phi) is 4.83. The third-order valence-corrected chi connectivity index (χ3v) is 3.88. The lowest BCUT2D eigenvalue weighted by molar-refractivity contribution is -0.117. The molecule has 7 heteroatoms. The van der Waals surface area contributed by atoms with Crippen molar-refractivity contribution in [1.29, 1.82) is 5.26 Å². The molecule has 0 radical (unpaired) electrons. The maximum atomic E-state index is 11.9. The highest BCUT2D eigenvalue weighted by Crippen LogP contribution is 2.12. The van der Waals surface area contributed by atoms with Crippen LogP contribution in [0.2, 0.25) is 0 Å². The van der Waals surface area contributed by atoms with Gasteiger partial charge >= 0.3 is 0 Å². The van der Waals surface area contributed by atoms with Gasteiger partial charge in [0, 0.05) is 6.54 Å². The molecule has 1 amide bonds. The molecule has 0 aliphatic heterocycles. The van der Waals surface area contributed by atoms with Crippen molar-refractivity contribution in [2.75, 3.05) is 18.8 Å². The highest BCUT2D eigenvalue weighted by atomic mass is 32.2. The molecule has 0 bridgehead atoms. The number of nitrogens with one attached hydrogen (secondary N) is 1. The average Bonchev–Trinajstić information content (AvgIpc) is 2.34. The SMILES string of the molecule is N#Cc1cccc(S(=O)(=O)CCNCC(N)=O)c1. The molecular weight excluding hydrogens is 254 g/mol. The van der Waals surface area contributed by atoms with Crippen molar-refractivity contribution in [1.82, 2.24) is 5.32 Å². The number of hydrogen-bond donors (Lipinski definition) is 2. The minimum absolute atomic E-state index is 0.0618. The summed E-state index contributed by atoms with van der Waals surface area (Å²) in [5.41, 5.74) is 5.20. The fourth-order valence-electron chi connectivity index (χ4n) is 1.30. The predicted octanol–water partition coefficient (Wildman–Crippen LogP) is -0.593. The van der Waals surface area contributed by atoms with Gasteiger partial charge in [0.15, 0.2) is 9.84 Å². The third-order valence-electron chi connectivity index (χ3n) is 2.17. The number of benzene rings is 1. The van der Waals surface area contributed by atoms with Crippen LogP contribution in [0.3, 0.4) is 0 Å². The zero-order chi connectivity index (χ0) is 13.6. The summed E-state index contributed by atoms with van der Waals surface area (Å²) in [6, 6.07) is 7.69. The van der Waals surface area contributed by atoms with Gasteiger partial charge in [0.1, 0.15) is 0 Å². The molecule has 3 N–H and O–H groups in total. The minimum Gasteiger partial charge on any atom is -0.369 e. The third kappa shape index (κ3) is 4.16. The molecule has 0 aliphatic rings. The van der Waals surface area contributed by atoms with Crippen LogP contribution in [0.15, 0.2) is 29.2 Å². The van der Waals surface area contributed by atoms with Crippen LogP contribution < -0.4 is 11.1 Å². The molecule has 0 aliphatic carbocycles. The van der Waals surface area contributed by atoms with Gasteiger partial charge < -0.3 is 11.1 Å². The van der Waals surface area contributed by atoms with Gasteiger partial charge in [-0.1, -0.05) is 6.07 Å². The number of hydrogen-bond acceptors (Lipinski definition) is 5. The summed E-state index contributed by atoms with van der Waals surface area (Å²) in [6.45, 7) is 0.0653. The van der Waals surface area contributed by atoms with E-state index in [0.717, 1.165) is 0 Å². The number of rotatable bonds is 6. The van der Waals surface area contributed by atoms with Crippen LogP contribution in [0.1, 0.15) is 5.56 Å². The summed E-state index contributed by atoms with van der Waals surface area (Å²) in [6.07, 6.45) is 0. The molecule has 0 aromatic heterocycles. The molecule has 1 aromatic rings. The van der Waals surface area contributed by atoms with Crippen molar-refractivity contribution in [2.24, 2.45) is 5.73 Å². The smallest absolute Gasteiger partial charge is 0.231 e. The van der Waals surface area contributed by atoms with Crippen LogP contribution in [0.5, 0.6) is 0 Å². The molecule has 0 spiro atoms. The topological polar surface area (TPSA) is 113 Å². The van der Waals surface area contributed by atoms with Crippen LogP contribution in [0, 0.1) is 11.3 Å². The number of carbonyl (C=O) groups is 1. The molecule has 0 heterocycles. The highest BCUT2D eigenvalue weighted by molar-refractivity contribution is 7.91. The van der Waals surface area contributed by atoms with Crippen molar-refractivity contribution in [3.8, 4) is 6.07 Å². The first kappa shape index (κ1) is 14.2. The van der Waals surface area contributed by atoms with Crippen LogP contribution in [0.4, 0.5) is 0 Å². The summed E-state index contributed by atoms with van der Waals surface area (Å²) in [7, 11) is -3.46. The number of amides is 1. The minimum atomic E-state index is -3.46. The number of nitrogens with zero attached hydrogens (tertiary/aromatic N) is 1. The Hall–Kier alpha value is -1.91. The van der Waals surface area contributed by atoms with E-state index in [9.17, 15) is 13.2 Å². The fraction of sp³-hybridized carbons (Fsp3) is 0.273. The summed E-state index contributed by atoms with van der Waals surface area (Å²) in [5, 5.41) is 11.3. The highest BCUT2D eigenvalue weighted by Gasteiger charge is 2.14. The zero-order valence-electron chi connectivity index (χ0n) is 9.59. The van der Waals surface area contributed by atoms with Crippen molar-refractivity contribution in [3.63, 3.8) is 0 Å². The first-order valence-corrected chi connectivity index (χ1v) is 6.83. The van der Waals surface area contributed by atoms with Crippen LogP contribution in [-0.4, -0.2) is 33.2 Å². The van der Waals surface area contributed by atoms with Gasteiger partial charge in [0.25, 0.3) is 0 Å². The van der Waals surface area contributed by atoms with Crippen molar-refractivity contribution in [3.05, 3.63) is 29.8 Å². The molecule has 96 valence electrons. The van der Waals surface area contributed by atoms with E-state index in [1.807, 2.05) is 6.07 Å². The van der Waals surface area contributed by atoms with Gasteiger partial charge in [0.2, 0.25) is 5.91 Å². The second-order valence-electron chi connectivity index (χ2n) is 3.60. The van der Waals surface area contributed by atoms with E-state index in [1.54, 1.807) is 0 Å². The number of primary amides is 1. The molecule has 0 unspecified atom stereocenters. The van der Waals surface area contributed by atoms with Gasteiger partial charge in [-0.3, -0.25) is 4.79 Å².